The maximum absolute atomic E-state index is 12.4. The van der Waals surface area contributed by atoms with Crippen LogP contribution in [0.3, 0.4) is 0 Å². The van der Waals surface area contributed by atoms with Crippen LogP contribution in [-0.2, 0) is 10.3 Å². The smallest absolute Gasteiger partial charge is 0.387 e. The molecule has 8 nitrogen and oxygen atoms in total. The van der Waals surface area contributed by atoms with Gasteiger partial charge in [0.15, 0.2) is 5.17 Å². The van der Waals surface area contributed by atoms with Crippen LogP contribution < -0.4 is 15.8 Å². The van der Waals surface area contributed by atoms with Gasteiger partial charge in [-0.2, -0.15) is 8.78 Å². The van der Waals surface area contributed by atoms with Crippen LogP contribution in [0.4, 0.5) is 14.6 Å². The third kappa shape index (κ3) is 4.25. The average molecular weight is 456 g/mol. The lowest BCUT2D eigenvalue weighted by Gasteiger charge is -2.44. The molecule has 0 aliphatic carbocycles. The standard InChI is InChI=1S/C18H19F2N5O3S2/c1-9-4-10-6-30-17(21)25-18(10,8-27-9)15-24-13(7-29-15)23-14(26)12-3-2-11(5-22-12)28-16(19)20/h2-3,5,7,9-10,16H,4,6,8H2,1H3,(H2,21,25)(H,23,26). The lowest BCUT2D eigenvalue weighted by atomic mass is 9.80. The Balaban J connectivity index is 1.51. The van der Waals surface area contributed by atoms with Gasteiger partial charge in [-0.1, -0.05) is 11.8 Å². The van der Waals surface area contributed by atoms with E-state index in [1.54, 1.807) is 5.38 Å². The van der Waals surface area contributed by atoms with Crippen molar-refractivity contribution in [3.8, 4) is 5.75 Å². The van der Waals surface area contributed by atoms with Crippen LogP contribution in [0.1, 0.15) is 28.8 Å². The predicted octanol–water partition coefficient (Wildman–Crippen LogP) is 3.07. The Morgan fingerprint density at radius 3 is 3.03 bits per heavy atom. The molecule has 30 heavy (non-hydrogen) atoms. The molecule has 4 heterocycles. The third-order valence-electron chi connectivity index (χ3n) is 4.93. The molecule has 0 radical (unpaired) electrons. The van der Waals surface area contributed by atoms with Crippen molar-refractivity contribution < 1.29 is 23.0 Å². The first kappa shape index (κ1) is 20.9. The van der Waals surface area contributed by atoms with Crippen molar-refractivity contribution in [1.29, 1.82) is 0 Å². The SMILES string of the molecule is CC1CC2CSC(N)=NC2(c2nc(NC(=O)c3ccc(OC(F)F)cn3)cs2)CO1. The summed E-state index contributed by atoms with van der Waals surface area (Å²) in [5.41, 5.74) is 5.40. The van der Waals surface area contributed by atoms with Gasteiger partial charge in [-0.15, -0.1) is 11.3 Å². The van der Waals surface area contributed by atoms with Crippen LogP contribution in [0.15, 0.2) is 28.7 Å². The largest absolute Gasteiger partial charge is 0.433 e. The Bertz CT molecular complexity index is 956. The van der Waals surface area contributed by atoms with Gasteiger partial charge >= 0.3 is 6.61 Å². The number of rotatable bonds is 5. The van der Waals surface area contributed by atoms with Crippen LogP contribution in [-0.4, -0.2) is 46.1 Å². The van der Waals surface area contributed by atoms with E-state index in [1.807, 2.05) is 6.92 Å². The van der Waals surface area contributed by atoms with Gasteiger partial charge in [-0.05, 0) is 25.5 Å². The van der Waals surface area contributed by atoms with E-state index in [1.165, 1.54) is 35.2 Å². The maximum atomic E-state index is 12.4. The number of thiazole rings is 1. The van der Waals surface area contributed by atoms with Crippen molar-refractivity contribution in [3.63, 3.8) is 0 Å². The first-order chi connectivity index (χ1) is 14.4. The Morgan fingerprint density at radius 1 is 1.47 bits per heavy atom. The van der Waals surface area contributed by atoms with Gasteiger partial charge in [0.2, 0.25) is 0 Å². The molecule has 3 atom stereocenters. The van der Waals surface area contributed by atoms with Crippen molar-refractivity contribution in [1.82, 2.24) is 9.97 Å². The third-order valence-corrected chi connectivity index (χ3v) is 6.90. The highest BCUT2D eigenvalue weighted by Crippen LogP contribution is 2.47. The maximum Gasteiger partial charge on any atom is 0.387 e. The summed E-state index contributed by atoms with van der Waals surface area (Å²) < 4.78 is 34.6. The van der Waals surface area contributed by atoms with Crippen LogP contribution in [0, 0.1) is 5.92 Å². The molecule has 0 saturated carbocycles. The minimum atomic E-state index is -2.95. The number of nitrogens with one attached hydrogen (secondary N) is 1. The fourth-order valence-corrected chi connectivity index (χ4v) is 5.45. The van der Waals surface area contributed by atoms with Crippen LogP contribution in [0.2, 0.25) is 0 Å². The molecule has 1 saturated heterocycles. The van der Waals surface area contributed by atoms with E-state index in [0.717, 1.165) is 23.4 Å². The number of ether oxygens (including phenoxy) is 2. The van der Waals surface area contributed by atoms with Gasteiger partial charge < -0.3 is 20.5 Å². The number of pyridine rings is 1. The normalized spacial score (nSPS) is 26.1. The van der Waals surface area contributed by atoms with Crippen molar-refractivity contribution in [3.05, 3.63) is 34.4 Å². The summed E-state index contributed by atoms with van der Waals surface area (Å²) >= 11 is 2.91. The molecular weight excluding hydrogens is 436 g/mol. The number of fused-ring (bicyclic) bond motifs is 1. The molecule has 12 heteroatoms. The number of anilines is 1. The molecule has 4 rings (SSSR count). The lowest BCUT2D eigenvalue weighted by molar-refractivity contribution is -0.0500. The summed E-state index contributed by atoms with van der Waals surface area (Å²) in [7, 11) is 0. The summed E-state index contributed by atoms with van der Waals surface area (Å²) in [5.74, 6) is 0.784. The van der Waals surface area contributed by atoms with Crippen LogP contribution >= 0.6 is 23.1 Å². The lowest BCUT2D eigenvalue weighted by Crippen LogP contribution is -2.49. The van der Waals surface area contributed by atoms with E-state index in [-0.39, 0.29) is 23.5 Å². The number of thioether (sulfide) groups is 1. The van der Waals surface area contributed by atoms with Crippen LogP contribution in [0.25, 0.3) is 0 Å². The topological polar surface area (TPSA) is 112 Å². The average Bonchev–Trinajstić information content (AvgIpc) is 3.17. The van der Waals surface area contributed by atoms with Crippen molar-refractivity contribution in [2.24, 2.45) is 16.6 Å². The highest BCUT2D eigenvalue weighted by atomic mass is 32.2. The highest BCUT2D eigenvalue weighted by Gasteiger charge is 2.49. The Kier molecular flexibility index (Phi) is 5.89. The molecular formula is C18H19F2N5O3S2. The number of aromatic nitrogens is 2. The fourth-order valence-electron chi connectivity index (χ4n) is 3.48. The minimum Gasteiger partial charge on any atom is -0.433 e. The molecule has 2 aliphatic rings. The van der Waals surface area contributed by atoms with E-state index in [4.69, 9.17) is 15.5 Å². The second-order valence-corrected chi connectivity index (χ2v) is 8.89. The first-order valence-electron chi connectivity index (χ1n) is 9.13. The fraction of sp³-hybridized carbons (Fsp3) is 0.444. The molecule has 3 unspecified atom stereocenters. The molecule has 1 amide bonds. The monoisotopic (exact) mass is 455 g/mol. The number of amides is 1. The molecule has 3 N–H and O–H groups in total. The van der Waals surface area contributed by atoms with E-state index >= 15 is 0 Å². The summed E-state index contributed by atoms with van der Waals surface area (Å²) in [6.07, 6.45) is 2.05. The predicted molar refractivity (Wildman–Crippen MR) is 110 cm³/mol. The second-order valence-electron chi connectivity index (χ2n) is 6.99. The molecule has 160 valence electrons. The molecule has 2 aliphatic heterocycles. The molecule has 0 spiro atoms. The van der Waals surface area contributed by atoms with E-state index < -0.39 is 18.1 Å². The number of nitrogens with zero attached hydrogens (tertiary/aromatic N) is 3. The van der Waals surface area contributed by atoms with Crippen molar-refractivity contribution >= 4 is 40.0 Å². The van der Waals surface area contributed by atoms with E-state index in [2.05, 4.69) is 20.0 Å². The van der Waals surface area contributed by atoms with Crippen molar-refractivity contribution in [2.45, 2.75) is 31.6 Å². The molecule has 2 aromatic rings. The Hall–Kier alpha value is -2.31. The van der Waals surface area contributed by atoms with Gasteiger partial charge in [-0.3, -0.25) is 4.79 Å². The van der Waals surface area contributed by atoms with E-state index in [9.17, 15) is 13.6 Å². The number of alkyl halides is 2. The van der Waals surface area contributed by atoms with Gasteiger partial charge in [0, 0.05) is 17.1 Å². The van der Waals surface area contributed by atoms with E-state index in [0.29, 0.717) is 17.6 Å². The molecule has 0 aromatic carbocycles. The highest BCUT2D eigenvalue weighted by molar-refractivity contribution is 8.13. The van der Waals surface area contributed by atoms with Crippen LogP contribution in [0.5, 0.6) is 5.75 Å². The first-order valence-corrected chi connectivity index (χ1v) is 11.0. The number of amidine groups is 1. The quantitative estimate of drug-likeness (QED) is 0.713. The number of nitrogens with two attached hydrogens (primary N) is 1. The van der Waals surface area contributed by atoms with Gasteiger partial charge in [0.25, 0.3) is 5.91 Å². The van der Waals surface area contributed by atoms with Gasteiger partial charge in [0.1, 0.15) is 27.8 Å². The number of halogens is 2. The number of carbonyl (C=O) groups is 1. The number of aliphatic imine (C=N–C) groups is 1. The summed E-state index contributed by atoms with van der Waals surface area (Å²) in [6.45, 7) is -0.535. The van der Waals surface area contributed by atoms with Gasteiger partial charge in [-0.25, -0.2) is 15.0 Å². The summed E-state index contributed by atoms with van der Waals surface area (Å²) in [4.78, 5) is 25.6. The van der Waals surface area contributed by atoms with Gasteiger partial charge in [0.05, 0.1) is 18.9 Å². The van der Waals surface area contributed by atoms with Crippen molar-refractivity contribution in [2.75, 3.05) is 17.7 Å². The zero-order valence-electron chi connectivity index (χ0n) is 15.9. The second kappa shape index (κ2) is 8.44. The number of carbonyl (C=O) groups excluding carboxylic acids is 1. The zero-order valence-corrected chi connectivity index (χ0v) is 17.5. The minimum absolute atomic E-state index is 0.0494. The Morgan fingerprint density at radius 2 is 2.30 bits per heavy atom. The molecule has 2 aromatic heterocycles. The molecule has 1 fully saturated rings. The summed E-state index contributed by atoms with van der Waals surface area (Å²) in [6, 6.07) is 2.55. The number of hydrogen-bond acceptors (Lipinski definition) is 9. The molecule has 0 bridgehead atoms. The number of hydrogen-bond donors (Lipinski definition) is 2. The zero-order chi connectivity index (χ0) is 21.3. The Labute approximate surface area is 179 Å². The summed E-state index contributed by atoms with van der Waals surface area (Å²) in [5, 5.41) is 5.62.